The van der Waals surface area contributed by atoms with E-state index in [1.165, 1.54) is 98.9 Å². The van der Waals surface area contributed by atoms with Gasteiger partial charge in [0.2, 0.25) is 53.3 Å². The van der Waals surface area contributed by atoms with E-state index in [0.29, 0.717) is 123 Å². The van der Waals surface area contributed by atoms with E-state index in [9.17, 15) is 41.5 Å². The van der Waals surface area contributed by atoms with Crippen LogP contribution in [0.5, 0.6) is 5.75 Å². The van der Waals surface area contributed by atoms with Crippen molar-refractivity contribution in [3.05, 3.63) is 261 Å². The van der Waals surface area contributed by atoms with Gasteiger partial charge in [0, 0.05) is 91.1 Å². The van der Waals surface area contributed by atoms with Gasteiger partial charge in [-0.1, -0.05) is 96.7 Å². The molecule has 0 aliphatic carbocycles. The molecule has 0 radical (unpaired) electrons. The number of carbonyl (C=O) groups is 5. The zero-order valence-corrected chi connectivity index (χ0v) is 73.6. The van der Waals surface area contributed by atoms with Crippen molar-refractivity contribution in [2.75, 3.05) is 116 Å². The second-order valence-corrected chi connectivity index (χ2v) is 31.6. The van der Waals surface area contributed by atoms with Gasteiger partial charge in [0.15, 0.2) is 30.8 Å². The van der Waals surface area contributed by atoms with Crippen molar-refractivity contribution < 1.29 is 46.3 Å². The minimum absolute atomic E-state index is 0.0427. The minimum atomic E-state index is -0.404. The molecule has 0 aliphatic rings. The van der Waals surface area contributed by atoms with Crippen LogP contribution in [0, 0.1) is 23.3 Å². The number of hydrogen-bond donors (Lipinski definition) is 10. The highest BCUT2D eigenvalue weighted by Gasteiger charge is 2.19. The maximum absolute atomic E-state index is 13.7. The molecule has 5 aromatic carbocycles. The molecule has 0 spiro atoms. The number of benzene rings is 5. The Bertz CT molecular complexity index is 6160. The van der Waals surface area contributed by atoms with E-state index in [-0.39, 0.29) is 67.6 Å². The molecule has 32 nitrogen and oxygen atoms in total. The van der Waals surface area contributed by atoms with E-state index in [4.69, 9.17) is 10.5 Å². The lowest BCUT2D eigenvalue weighted by molar-refractivity contribution is -0.116. The summed E-state index contributed by atoms with van der Waals surface area (Å²) in [4.78, 5) is 126. The average molecular weight is 1830 g/mol. The summed E-state index contributed by atoms with van der Waals surface area (Å²) in [5, 5.41) is 37.7. The van der Waals surface area contributed by atoms with Crippen molar-refractivity contribution >= 4 is 147 Å². The molecule has 42 heteroatoms. The maximum atomic E-state index is 13.7. The number of nitrogens with one attached hydrogen (secondary N) is 9. The van der Waals surface area contributed by atoms with Crippen LogP contribution < -0.4 is 58.3 Å². The van der Waals surface area contributed by atoms with Crippen LogP contribution in [0.15, 0.2) is 215 Å². The fraction of sp³-hybridized carbons (Fsp3) is 0.176. The van der Waals surface area contributed by atoms with Crippen molar-refractivity contribution in [3.8, 4) is 62.7 Å². The highest BCUT2D eigenvalue weighted by atomic mass is 32.2. The fourth-order valence-corrected chi connectivity index (χ4v) is 14.8. The number of amides is 5. The number of nitrogens with two attached hydrogens (primary N) is 1. The van der Waals surface area contributed by atoms with Crippen LogP contribution in [0.3, 0.4) is 0 Å². The van der Waals surface area contributed by atoms with Gasteiger partial charge in [-0.25, -0.2) is 92.3 Å². The Kier molecular flexibility index (Phi) is 35.6. The van der Waals surface area contributed by atoms with Crippen molar-refractivity contribution in [2.45, 2.75) is 37.3 Å². The lowest BCUT2D eigenvalue weighted by atomic mass is 10.1. The zero-order chi connectivity index (χ0) is 89.8. The largest absolute Gasteiger partial charge is 0.497 e. The molecule has 10 heterocycles. The van der Waals surface area contributed by atoms with Crippen LogP contribution in [0.1, 0.15) is 27.8 Å². The number of likely N-dealkylation sites (N-methyl/N-ethyl adjacent to an activating group) is 2. The van der Waals surface area contributed by atoms with E-state index in [2.05, 4.69) is 128 Å². The first-order valence-corrected chi connectivity index (χ1v) is 44.0. The normalized spacial score (nSPS) is 10.6. The third-order valence-corrected chi connectivity index (χ3v) is 21.3. The monoisotopic (exact) mass is 1830 g/mol. The summed E-state index contributed by atoms with van der Waals surface area (Å²) in [5.41, 5.74) is 14.3. The van der Waals surface area contributed by atoms with Gasteiger partial charge in [0.1, 0.15) is 57.5 Å². The number of anilines is 9. The number of methoxy groups -OCH3 is 1. The lowest BCUT2D eigenvalue weighted by Crippen LogP contribution is -2.21. The first-order valence-electron chi connectivity index (χ1n) is 38.4. The molecule has 0 bridgehead atoms. The highest BCUT2D eigenvalue weighted by Crippen LogP contribution is 2.31. The highest BCUT2D eigenvalue weighted by molar-refractivity contribution is 7.98. The van der Waals surface area contributed by atoms with Gasteiger partial charge >= 0.3 is 0 Å². The molecule has 11 N–H and O–H groups in total. The summed E-state index contributed by atoms with van der Waals surface area (Å²) in [7, 11) is 9.20. The van der Waals surface area contributed by atoms with Gasteiger partial charge in [0.25, 0.3) is 0 Å². The molecule has 0 unspecified atom stereocenters. The quantitative estimate of drug-likeness (QED) is 0.00835. The first kappa shape index (κ1) is 93.7. The topological polar surface area (TPSA) is 425 Å². The number of carbonyl (C=O) groups excluding carboxylic acids is 5. The van der Waals surface area contributed by atoms with Gasteiger partial charge < -0.3 is 63.2 Å². The standard InChI is InChI=1S/C19H21FN6OS.C18H19FN6OS.C17H16N4O2S2.C16H14FN5OS.C15H12FN5OS/c1-26(2)10-9-22-18-21-8-7-15(23-18)16-12-28-19(24-16)25-17(27)11-13-5-3-4-6-14(13)20;1-20-8-9-22-17-21-7-6-14(23-17)15-11-27-18(24-15)25-16(26)10-12-4-2-3-5-13(12)19;1-23-12-5-3-4-11(8-12)9-15(22)21-17-20-14(10-25-17)13-6-7-18-16(19-13)24-2;1-18-15-19-7-6-12(20-15)13-9-24-16(21-13)22-14(23)8-10-4-2-3-5-11(10)17;16-10-4-2-1-3-9(10)7-13(22)21-15-20-12(8-23-15)11-5-6-18-14(17)19-11/h3-8,12H,9-11H2,1-2H3,(H,21,22,23)(H,24,25,27);2-7,11,20H,8-10H2,1H3,(H,21,22,23)(H,24,25,26);3-8,10H,9H2,1-2H3,(H,20,21,22);2-7,9H,8H2,1H3,(H,18,19,20)(H,21,22,23);1-6,8H,7H2,(H2,17,18,19)(H,20,21,22). The zero-order valence-electron chi connectivity index (χ0n) is 68.7. The Balaban J connectivity index is 0.000000154. The smallest absolute Gasteiger partial charge is 0.230 e. The molecule has 0 saturated heterocycles. The number of nitrogen functional groups attached to an aromatic ring is 1. The first-order chi connectivity index (χ1) is 61.6. The van der Waals surface area contributed by atoms with Crippen molar-refractivity contribution in [3.63, 3.8) is 0 Å². The van der Waals surface area contributed by atoms with Crippen LogP contribution in [0.4, 0.5) is 67.0 Å². The third kappa shape index (κ3) is 30.1. The predicted octanol–water partition coefficient (Wildman–Crippen LogP) is 14.4. The van der Waals surface area contributed by atoms with Gasteiger partial charge in [-0.3, -0.25) is 24.0 Å². The number of thioether (sulfide) groups is 1. The summed E-state index contributed by atoms with van der Waals surface area (Å²) in [6, 6.07) is 41.0. The van der Waals surface area contributed by atoms with Crippen LogP contribution in [-0.2, 0) is 56.1 Å². The third-order valence-electron chi connectivity index (χ3n) is 17.0. The molecule has 0 atom stereocenters. The SMILES string of the molecule is CN(C)CCNc1nccc(-c2csc(NC(=O)Cc3ccccc3F)n2)n1.CNCCNc1nccc(-c2csc(NC(=O)Cc3ccccc3F)n2)n1.CNc1nccc(-c2csc(NC(=O)Cc3ccccc3F)n2)n1.COc1cccc(CC(=O)Nc2nc(-c3ccnc(SC)n3)cs2)c1.Nc1nccc(-c2csc(NC(=O)Cc3ccccc3F)n2)n1. The Hall–Kier alpha value is -14.0. The number of nitrogens with zero attached hydrogens (tertiary/aromatic N) is 16. The number of halogens is 4. The van der Waals surface area contributed by atoms with E-state index < -0.39 is 23.3 Å². The van der Waals surface area contributed by atoms with E-state index >= 15 is 0 Å². The average Bonchev–Trinajstić information content (AvgIpc) is 1.72. The minimum Gasteiger partial charge on any atom is -0.497 e. The van der Waals surface area contributed by atoms with Crippen molar-refractivity contribution in [2.24, 2.45) is 0 Å². The Labute approximate surface area is 750 Å². The molecule has 0 aliphatic heterocycles. The summed E-state index contributed by atoms with van der Waals surface area (Å²) in [6.45, 7) is 3.09. The van der Waals surface area contributed by atoms with Crippen LogP contribution in [0.25, 0.3) is 56.9 Å². The second kappa shape index (κ2) is 48.3. The molecule has 0 fully saturated rings. The fourth-order valence-electron chi connectivity index (χ4n) is 10.9. The number of ether oxygens (including phenoxy) is 1. The summed E-state index contributed by atoms with van der Waals surface area (Å²) in [6.07, 6.45) is 10.2. The number of aromatic nitrogens is 15. The van der Waals surface area contributed by atoms with Crippen LogP contribution >= 0.6 is 68.4 Å². The number of thiazole rings is 5. The maximum Gasteiger partial charge on any atom is 0.230 e. The Morgan fingerprint density at radius 2 is 0.724 bits per heavy atom. The van der Waals surface area contributed by atoms with Crippen LogP contribution in [-0.4, -0.2) is 177 Å². The summed E-state index contributed by atoms with van der Waals surface area (Å²) in [5.74, 6) is -0.594. The summed E-state index contributed by atoms with van der Waals surface area (Å²) < 4.78 is 59.6. The number of rotatable bonds is 31. The lowest BCUT2D eigenvalue weighted by Gasteiger charge is -2.10. The Morgan fingerprint density at radius 1 is 0.386 bits per heavy atom. The molecule has 0 saturated carbocycles. The molecular weight excluding hydrogens is 1750 g/mol. The molecule has 652 valence electrons. The molecular formula is C85H82F4N26O6S6. The molecule has 127 heavy (non-hydrogen) atoms. The van der Waals surface area contributed by atoms with E-state index in [1.54, 1.807) is 158 Å². The Morgan fingerprint density at radius 3 is 1.08 bits per heavy atom. The molecule has 5 amide bonds. The van der Waals surface area contributed by atoms with E-state index in [0.717, 1.165) is 42.3 Å². The summed E-state index contributed by atoms with van der Waals surface area (Å²) >= 11 is 7.96. The van der Waals surface area contributed by atoms with Crippen molar-refractivity contribution in [1.82, 2.24) is 85.0 Å². The molecule has 15 rings (SSSR count). The molecule has 10 aromatic heterocycles. The number of hydrogen-bond acceptors (Lipinski definition) is 33. The van der Waals surface area contributed by atoms with E-state index in [1.807, 2.05) is 62.4 Å². The van der Waals surface area contributed by atoms with Gasteiger partial charge in [-0.15, -0.1) is 56.7 Å². The van der Waals surface area contributed by atoms with Gasteiger partial charge in [-0.2, -0.15) is 0 Å². The predicted molar refractivity (Wildman–Crippen MR) is 491 cm³/mol. The van der Waals surface area contributed by atoms with Gasteiger partial charge in [-0.05, 0) is 122 Å². The second-order valence-electron chi connectivity index (χ2n) is 26.6. The van der Waals surface area contributed by atoms with Crippen molar-refractivity contribution in [1.29, 1.82) is 0 Å². The van der Waals surface area contributed by atoms with Crippen LogP contribution in [0.2, 0.25) is 0 Å². The van der Waals surface area contributed by atoms with Gasteiger partial charge in [0.05, 0.1) is 67.7 Å². The molecule has 15 aromatic rings.